The van der Waals surface area contributed by atoms with E-state index in [0.717, 1.165) is 28.7 Å². The lowest BCUT2D eigenvalue weighted by Crippen LogP contribution is -2.44. The summed E-state index contributed by atoms with van der Waals surface area (Å²) in [6, 6.07) is 6.17. The number of hydrogen-bond acceptors (Lipinski definition) is 4. The Morgan fingerprint density at radius 2 is 2.00 bits per heavy atom. The van der Waals surface area contributed by atoms with Crippen molar-refractivity contribution in [3.8, 4) is 0 Å². The van der Waals surface area contributed by atoms with E-state index in [-0.39, 0.29) is 6.09 Å². The highest BCUT2D eigenvalue weighted by atomic mass is 79.9. The van der Waals surface area contributed by atoms with Crippen molar-refractivity contribution < 1.29 is 9.53 Å². The number of halogens is 1. The molecule has 2 rings (SSSR count). The number of nitrogen functional groups attached to an aromatic ring is 1. The van der Waals surface area contributed by atoms with Crippen molar-refractivity contribution in [1.29, 1.82) is 0 Å². The van der Waals surface area contributed by atoms with Crippen molar-refractivity contribution in [2.24, 2.45) is 0 Å². The van der Waals surface area contributed by atoms with E-state index in [2.05, 4.69) is 21.2 Å². The van der Waals surface area contributed by atoms with Crippen LogP contribution in [-0.4, -0.2) is 35.7 Å². The molecule has 1 amide bonds. The fraction of sp³-hybridized carbons (Fsp3) is 0.562. The Labute approximate surface area is 140 Å². The molecule has 0 atom stereocenters. The van der Waals surface area contributed by atoms with Crippen LogP contribution in [0.4, 0.5) is 16.2 Å². The number of rotatable bonds is 2. The number of likely N-dealkylation sites (tertiary alicyclic amines) is 1. The second-order valence-corrected chi connectivity index (χ2v) is 7.44. The quantitative estimate of drug-likeness (QED) is 0.777. The van der Waals surface area contributed by atoms with Gasteiger partial charge in [0, 0.05) is 23.6 Å². The molecule has 122 valence electrons. The fourth-order valence-corrected chi connectivity index (χ4v) is 2.78. The molecule has 0 radical (unpaired) electrons. The molecule has 0 bridgehead atoms. The molecule has 22 heavy (non-hydrogen) atoms. The van der Waals surface area contributed by atoms with Gasteiger partial charge in [0.25, 0.3) is 0 Å². The van der Waals surface area contributed by atoms with Gasteiger partial charge in [-0.25, -0.2) is 4.79 Å². The Morgan fingerprint density at radius 3 is 2.59 bits per heavy atom. The van der Waals surface area contributed by atoms with Crippen LogP contribution in [0.15, 0.2) is 22.7 Å². The number of anilines is 2. The number of carbonyl (C=O) groups excluding carboxylic acids is 1. The number of piperidine rings is 1. The first-order valence-corrected chi connectivity index (χ1v) is 8.34. The first kappa shape index (κ1) is 16.9. The molecule has 1 aliphatic heterocycles. The highest BCUT2D eigenvalue weighted by molar-refractivity contribution is 9.10. The molecule has 1 heterocycles. The van der Waals surface area contributed by atoms with E-state index in [0.29, 0.717) is 19.1 Å². The maximum absolute atomic E-state index is 12.0. The Kier molecular flexibility index (Phi) is 5.21. The summed E-state index contributed by atoms with van der Waals surface area (Å²) < 4.78 is 6.30. The summed E-state index contributed by atoms with van der Waals surface area (Å²) in [5, 5.41) is 3.46. The van der Waals surface area contributed by atoms with Crippen LogP contribution >= 0.6 is 15.9 Å². The molecule has 5 nitrogen and oxygen atoms in total. The molecule has 6 heteroatoms. The van der Waals surface area contributed by atoms with Crippen LogP contribution in [-0.2, 0) is 4.74 Å². The predicted molar refractivity (Wildman–Crippen MR) is 93.0 cm³/mol. The third-order valence-corrected chi connectivity index (χ3v) is 4.25. The third-order valence-electron chi connectivity index (χ3n) is 3.56. The van der Waals surface area contributed by atoms with Crippen LogP contribution in [0.2, 0.25) is 0 Å². The number of nitrogens with two attached hydrogens (primary N) is 1. The minimum absolute atomic E-state index is 0.229. The van der Waals surface area contributed by atoms with Crippen LogP contribution in [0, 0.1) is 0 Å². The normalized spacial score (nSPS) is 16.5. The van der Waals surface area contributed by atoms with Crippen LogP contribution in [0.25, 0.3) is 0 Å². The van der Waals surface area contributed by atoms with E-state index in [1.165, 1.54) is 0 Å². The lowest BCUT2D eigenvalue weighted by Gasteiger charge is -2.34. The summed E-state index contributed by atoms with van der Waals surface area (Å²) in [4.78, 5) is 13.8. The number of ether oxygens (including phenoxy) is 1. The fourth-order valence-electron chi connectivity index (χ4n) is 2.42. The van der Waals surface area contributed by atoms with Gasteiger partial charge in [-0.2, -0.15) is 0 Å². The number of benzene rings is 1. The first-order chi connectivity index (χ1) is 10.3. The molecule has 0 spiro atoms. The molecular weight excluding hydrogens is 346 g/mol. The van der Waals surface area contributed by atoms with Gasteiger partial charge in [0.1, 0.15) is 5.60 Å². The van der Waals surface area contributed by atoms with Crippen molar-refractivity contribution in [2.45, 2.75) is 45.3 Å². The van der Waals surface area contributed by atoms with Crippen molar-refractivity contribution >= 4 is 33.4 Å². The monoisotopic (exact) mass is 369 g/mol. The maximum Gasteiger partial charge on any atom is 0.410 e. The largest absolute Gasteiger partial charge is 0.444 e. The number of hydrogen-bond donors (Lipinski definition) is 2. The van der Waals surface area contributed by atoms with E-state index < -0.39 is 5.60 Å². The highest BCUT2D eigenvalue weighted by Gasteiger charge is 2.27. The third kappa shape index (κ3) is 4.53. The number of carbonyl (C=O) groups is 1. The molecule has 1 aromatic rings. The van der Waals surface area contributed by atoms with Crippen molar-refractivity contribution in [3.63, 3.8) is 0 Å². The summed E-state index contributed by atoms with van der Waals surface area (Å²) in [6.45, 7) is 7.04. The van der Waals surface area contributed by atoms with Gasteiger partial charge in [0.2, 0.25) is 0 Å². The topological polar surface area (TPSA) is 67.6 Å². The van der Waals surface area contributed by atoms with Crippen LogP contribution < -0.4 is 11.1 Å². The number of nitrogens with zero attached hydrogens (tertiary/aromatic N) is 1. The van der Waals surface area contributed by atoms with Crippen molar-refractivity contribution in [2.75, 3.05) is 24.1 Å². The molecule has 1 fully saturated rings. The van der Waals surface area contributed by atoms with E-state index in [1.807, 2.05) is 39.0 Å². The van der Waals surface area contributed by atoms with Gasteiger partial charge in [0.15, 0.2) is 0 Å². The Morgan fingerprint density at radius 1 is 1.36 bits per heavy atom. The molecular formula is C16H24BrN3O2. The molecule has 3 N–H and O–H groups in total. The van der Waals surface area contributed by atoms with E-state index >= 15 is 0 Å². The molecule has 0 aromatic heterocycles. The Hall–Kier alpha value is -1.43. The molecule has 1 aliphatic rings. The zero-order chi connectivity index (χ0) is 16.3. The van der Waals surface area contributed by atoms with Crippen molar-refractivity contribution in [1.82, 2.24) is 4.90 Å². The Bertz CT molecular complexity index is 535. The van der Waals surface area contributed by atoms with Gasteiger partial charge >= 0.3 is 6.09 Å². The first-order valence-electron chi connectivity index (χ1n) is 7.55. The molecule has 0 unspecified atom stereocenters. The second-order valence-electron chi connectivity index (χ2n) is 6.59. The SMILES string of the molecule is CC(C)(C)OC(=O)N1CCC(Nc2cccc(Br)c2N)CC1. The minimum atomic E-state index is -0.447. The van der Waals surface area contributed by atoms with Gasteiger partial charge in [-0.05, 0) is 61.7 Å². The number of nitrogens with one attached hydrogen (secondary N) is 1. The van der Waals surface area contributed by atoms with Crippen molar-refractivity contribution in [3.05, 3.63) is 22.7 Å². The van der Waals surface area contributed by atoms with E-state index in [9.17, 15) is 4.79 Å². The molecule has 1 saturated heterocycles. The van der Waals surface area contributed by atoms with Gasteiger partial charge in [0.05, 0.1) is 11.4 Å². The molecule has 0 aliphatic carbocycles. The average molecular weight is 370 g/mol. The summed E-state index contributed by atoms with van der Waals surface area (Å²) in [6.07, 6.45) is 1.53. The number of para-hydroxylation sites is 1. The van der Waals surface area contributed by atoms with Crippen LogP contribution in [0.1, 0.15) is 33.6 Å². The summed E-state index contributed by atoms with van der Waals surface area (Å²) in [7, 11) is 0. The smallest absolute Gasteiger partial charge is 0.410 e. The van der Waals surface area contributed by atoms with Crippen LogP contribution in [0.5, 0.6) is 0 Å². The zero-order valence-electron chi connectivity index (χ0n) is 13.4. The summed E-state index contributed by atoms with van der Waals surface area (Å²) >= 11 is 3.43. The van der Waals surface area contributed by atoms with E-state index in [1.54, 1.807) is 4.90 Å². The van der Waals surface area contributed by atoms with Gasteiger partial charge in [-0.1, -0.05) is 6.07 Å². The molecule has 1 aromatic carbocycles. The van der Waals surface area contributed by atoms with Crippen LogP contribution in [0.3, 0.4) is 0 Å². The lowest BCUT2D eigenvalue weighted by atomic mass is 10.0. The summed E-state index contributed by atoms with van der Waals surface area (Å²) in [5.41, 5.74) is 7.26. The number of amides is 1. The van der Waals surface area contributed by atoms with Gasteiger partial charge in [-0.15, -0.1) is 0 Å². The second kappa shape index (κ2) is 6.77. The van der Waals surface area contributed by atoms with Gasteiger partial charge in [-0.3, -0.25) is 0 Å². The minimum Gasteiger partial charge on any atom is -0.444 e. The maximum atomic E-state index is 12.0. The zero-order valence-corrected chi connectivity index (χ0v) is 14.9. The average Bonchev–Trinajstić information content (AvgIpc) is 2.43. The van der Waals surface area contributed by atoms with E-state index in [4.69, 9.17) is 10.5 Å². The summed E-state index contributed by atoms with van der Waals surface area (Å²) in [5.74, 6) is 0. The Balaban J connectivity index is 1.87. The lowest BCUT2D eigenvalue weighted by molar-refractivity contribution is 0.0210. The standard InChI is InChI=1S/C16H24BrN3O2/c1-16(2,3)22-15(21)20-9-7-11(8-10-20)19-13-6-4-5-12(17)14(13)18/h4-6,11,19H,7-10,18H2,1-3H3. The van der Waals surface area contributed by atoms with Gasteiger partial charge < -0.3 is 20.7 Å². The predicted octanol–water partition coefficient (Wildman–Crippen LogP) is 3.84. The molecule has 0 saturated carbocycles. The highest BCUT2D eigenvalue weighted by Crippen LogP contribution is 2.29.